The Morgan fingerprint density at radius 1 is 1.55 bits per heavy atom. The molecule has 0 atom stereocenters. The first-order chi connectivity index (χ1) is 5.11. The van der Waals surface area contributed by atoms with E-state index in [4.69, 9.17) is 10.8 Å². The number of hydrogen-bond donors (Lipinski definition) is 2. The molecule has 2 rings (SSSR count). The molecule has 11 heavy (non-hydrogen) atoms. The van der Waals surface area contributed by atoms with Gasteiger partial charge in [0.05, 0.1) is 0 Å². The van der Waals surface area contributed by atoms with E-state index in [1.807, 2.05) is 0 Å². The van der Waals surface area contributed by atoms with Gasteiger partial charge >= 0.3 is 6.09 Å². The minimum Gasteiger partial charge on any atom is -0.465 e. The number of nitrogens with zero attached hydrogens (tertiary/aromatic N) is 1. The van der Waals surface area contributed by atoms with Gasteiger partial charge in [0, 0.05) is 24.5 Å². The maximum atomic E-state index is 10.4. The number of amides is 1. The molecule has 2 aliphatic rings. The second-order valence-electron chi connectivity index (χ2n) is 3.81. The molecule has 1 amide bonds. The summed E-state index contributed by atoms with van der Waals surface area (Å²) < 4.78 is 0. The van der Waals surface area contributed by atoms with Gasteiger partial charge in [-0.25, -0.2) is 4.79 Å². The van der Waals surface area contributed by atoms with Crippen LogP contribution < -0.4 is 5.73 Å². The van der Waals surface area contributed by atoms with Gasteiger partial charge in [0.25, 0.3) is 0 Å². The van der Waals surface area contributed by atoms with Gasteiger partial charge in [-0.05, 0) is 12.8 Å². The molecule has 0 radical (unpaired) electrons. The topological polar surface area (TPSA) is 66.6 Å². The predicted molar refractivity (Wildman–Crippen MR) is 39.2 cm³/mol. The molecular weight excluding hydrogens is 144 g/mol. The Kier molecular flexibility index (Phi) is 1.18. The van der Waals surface area contributed by atoms with Crippen molar-refractivity contribution in [1.82, 2.24) is 4.90 Å². The third-order valence-corrected chi connectivity index (χ3v) is 2.71. The van der Waals surface area contributed by atoms with Crippen molar-refractivity contribution in [2.45, 2.75) is 18.9 Å². The van der Waals surface area contributed by atoms with E-state index in [0.717, 1.165) is 12.8 Å². The summed E-state index contributed by atoms with van der Waals surface area (Å²) in [7, 11) is 0. The minimum atomic E-state index is -0.795. The number of carbonyl (C=O) groups is 1. The average Bonchev–Trinajstić information content (AvgIpc) is 1.73. The maximum Gasteiger partial charge on any atom is 0.407 e. The van der Waals surface area contributed by atoms with Gasteiger partial charge in [0.1, 0.15) is 0 Å². The number of hydrogen-bond acceptors (Lipinski definition) is 2. The van der Waals surface area contributed by atoms with Crippen LogP contribution in [0.1, 0.15) is 12.8 Å². The number of rotatable bonds is 0. The van der Waals surface area contributed by atoms with Crippen molar-refractivity contribution in [1.29, 1.82) is 0 Å². The van der Waals surface area contributed by atoms with Gasteiger partial charge in [-0.15, -0.1) is 0 Å². The van der Waals surface area contributed by atoms with Gasteiger partial charge in [-0.2, -0.15) is 0 Å². The molecule has 4 nitrogen and oxygen atoms in total. The number of nitrogens with two attached hydrogens (primary N) is 1. The van der Waals surface area contributed by atoms with Crippen LogP contribution in [0.15, 0.2) is 0 Å². The first kappa shape index (κ1) is 6.91. The van der Waals surface area contributed by atoms with Crippen molar-refractivity contribution in [2.75, 3.05) is 13.1 Å². The Hall–Kier alpha value is -0.770. The van der Waals surface area contributed by atoms with Crippen molar-refractivity contribution < 1.29 is 9.90 Å². The zero-order valence-corrected chi connectivity index (χ0v) is 6.29. The van der Waals surface area contributed by atoms with Crippen molar-refractivity contribution in [3.05, 3.63) is 0 Å². The first-order valence-electron chi connectivity index (χ1n) is 3.85. The Bertz CT molecular complexity index is 191. The molecule has 4 heteroatoms. The number of likely N-dealkylation sites (tertiary alicyclic amines) is 1. The summed E-state index contributed by atoms with van der Waals surface area (Å²) in [6, 6.07) is 0.325. The van der Waals surface area contributed by atoms with Crippen LogP contribution in [-0.2, 0) is 0 Å². The van der Waals surface area contributed by atoms with E-state index in [-0.39, 0.29) is 5.41 Å². The van der Waals surface area contributed by atoms with Crippen LogP contribution in [0, 0.1) is 5.41 Å². The van der Waals surface area contributed by atoms with Crippen molar-refractivity contribution in [3.8, 4) is 0 Å². The molecular formula is C7H12N2O2. The summed E-state index contributed by atoms with van der Waals surface area (Å²) in [6.07, 6.45) is 1.23. The monoisotopic (exact) mass is 156 g/mol. The maximum absolute atomic E-state index is 10.4. The highest BCUT2D eigenvalue weighted by Crippen LogP contribution is 2.47. The molecule has 3 N–H and O–H groups in total. The molecule has 0 bridgehead atoms. The van der Waals surface area contributed by atoms with Gasteiger partial charge in [0.15, 0.2) is 0 Å². The molecule has 1 saturated heterocycles. The Morgan fingerprint density at radius 2 is 2.09 bits per heavy atom. The summed E-state index contributed by atoms with van der Waals surface area (Å²) in [5, 5.41) is 8.55. The molecule has 1 aliphatic heterocycles. The zero-order valence-electron chi connectivity index (χ0n) is 6.29. The summed E-state index contributed by atoms with van der Waals surface area (Å²) in [5.41, 5.74) is 5.91. The molecule has 0 unspecified atom stereocenters. The lowest BCUT2D eigenvalue weighted by Crippen LogP contribution is -2.66. The second kappa shape index (κ2) is 1.88. The van der Waals surface area contributed by atoms with Crippen LogP contribution in [0.25, 0.3) is 0 Å². The van der Waals surface area contributed by atoms with Crippen molar-refractivity contribution in [2.24, 2.45) is 11.1 Å². The van der Waals surface area contributed by atoms with Gasteiger partial charge < -0.3 is 15.7 Å². The highest BCUT2D eigenvalue weighted by Gasteiger charge is 2.52. The lowest BCUT2D eigenvalue weighted by molar-refractivity contribution is -0.0561. The normalized spacial score (nSPS) is 27.9. The SMILES string of the molecule is NC1CC2(C1)CN(C(=O)O)C2. The van der Waals surface area contributed by atoms with Crippen LogP contribution in [0.4, 0.5) is 4.79 Å². The molecule has 1 saturated carbocycles. The van der Waals surface area contributed by atoms with E-state index in [1.54, 1.807) is 0 Å². The smallest absolute Gasteiger partial charge is 0.407 e. The quantitative estimate of drug-likeness (QED) is 0.522. The van der Waals surface area contributed by atoms with E-state index >= 15 is 0 Å². The average molecular weight is 156 g/mol. The molecule has 0 aromatic carbocycles. The summed E-state index contributed by atoms with van der Waals surface area (Å²) in [4.78, 5) is 11.8. The van der Waals surface area contributed by atoms with E-state index in [9.17, 15) is 4.79 Å². The van der Waals surface area contributed by atoms with Crippen LogP contribution in [-0.4, -0.2) is 35.2 Å². The van der Waals surface area contributed by atoms with Gasteiger partial charge in [-0.1, -0.05) is 0 Å². The molecule has 0 aromatic heterocycles. The van der Waals surface area contributed by atoms with Crippen LogP contribution in [0.5, 0.6) is 0 Å². The fourth-order valence-corrected chi connectivity index (χ4v) is 2.21. The zero-order chi connectivity index (χ0) is 8.06. The summed E-state index contributed by atoms with van der Waals surface area (Å²) in [6.45, 7) is 1.41. The Morgan fingerprint density at radius 3 is 2.45 bits per heavy atom. The lowest BCUT2D eigenvalue weighted by Gasteiger charge is -2.57. The van der Waals surface area contributed by atoms with E-state index in [1.165, 1.54) is 4.90 Å². The van der Waals surface area contributed by atoms with Crippen molar-refractivity contribution in [3.63, 3.8) is 0 Å². The highest BCUT2D eigenvalue weighted by molar-refractivity contribution is 5.66. The Balaban J connectivity index is 1.84. The van der Waals surface area contributed by atoms with E-state index in [0.29, 0.717) is 19.1 Å². The standard InChI is InChI=1S/C7H12N2O2/c8-5-1-7(2-5)3-9(4-7)6(10)11/h5H,1-4,8H2,(H,10,11). The fourth-order valence-electron chi connectivity index (χ4n) is 2.21. The molecule has 1 spiro atoms. The summed E-state index contributed by atoms with van der Waals surface area (Å²) >= 11 is 0. The second-order valence-corrected chi connectivity index (χ2v) is 3.81. The third-order valence-electron chi connectivity index (χ3n) is 2.71. The third kappa shape index (κ3) is 0.894. The first-order valence-corrected chi connectivity index (χ1v) is 3.85. The van der Waals surface area contributed by atoms with Crippen molar-refractivity contribution >= 4 is 6.09 Å². The van der Waals surface area contributed by atoms with E-state index in [2.05, 4.69) is 0 Å². The largest absolute Gasteiger partial charge is 0.465 e. The fraction of sp³-hybridized carbons (Fsp3) is 0.857. The van der Waals surface area contributed by atoms with Crippen LogP contribution >= 0.6 is 0 Å². The molecule has 2 fully saturated rings. The van der Waals surface area contributed by atoms with E-state index < -0.39 is 6.09 Å². The van der Waals surface area contributed by atoms with Crippen LogP contribution in [0.2, 0.25) is 0 Å². The summed E-state index contributed by atoms with van der Waals surface area (Å²) in [5.74, 6) is 0. The van der Waals surface area contributed by atoms with Gasteiger partial charge in [0.2, 0.25) is 0 Å². The minimum absolute atomic E-state index is 0.289. The molecule has 0 aromatic rings. The Labute approximate surface area is 65.0 Å². The lowest BCUT2D eigenvalue weighted by atomic mass is 9.61. The molecule has 1 aliphatic carbocycles. The molecule has 1 heterocycles. The van der Waals surface area contributed by atoms with Gasteiger partial charge in [-0.3, -0.25) is 0 Å². The number of carboxylic acid groups (broad SMARTS) is 1. The molecule has 62 valence electrons. The predicted octanol–water partition coefficient (Wildman–Crippen LogP) is 0.0875. The van der Waals surface area contributed by atoms with Crippen LogP contribution in [0.3, 0.4) is 0 Å². The highest BCUT2D eigenvalue weighted by atomic mass is 16.4.